The first-order valence-corrected chi connectivity index (χ1v) is 13.5. The van der Waals surface area contributed by atoms with E-state index >= 15 is 0 Å². The van der Waals surface area contributed by atoms with Crippen molar-refractivity contribution in [3.63, 3.8) is 0 Å². The van der Waals surface area contributed by atoms with Crippen LogP contribution in [0.2, 0.25) is 16.6 Å². The van der Waals surface area contributed by atoms with Gasteiger partial charge < -0.3 is 0 Å². The summed E-state index contributed by atoms with van der Waals surface area (Å²) in [6, 6.07) is 6.05. The van der Waals surface area contributed by atoms with Crippen molar-refractivity contribution in [3.8, 4) is 9.47 Å². The van der Waals surface area contributed by atoms with Crippen LogP contribution in [0.5, 0.6) is 0 Å². The normalized spacial score (nSPS) is 15.7. The molecule has 0 bridgehead atoms. The zero-order valence-electron chi connectivity index (χ0n) is 15.2. The number of aryl methyl sites for hydroxylation is 1. The number of carbonyl (C=O) groups excluding carboxylic acids is 1. The van der Waals surface area contributed by atoms with E-state index in [0.29, 0.717) is 16.6 Å². The Labute approximate surface area is 149 Å². The Morgan fingerprint density at radius 2 is 1.61 bits per heavy atom. The van der Waals surface area contributed by atoms with Gasteiger partial charge in [0.2, 0.25) is 0 Å². The second-order valence-corrected chi connectivity index (χ2v) is 16.4. The zero-order chi connectivity index (χ0) is 17.4. The Hall–Kier alpha value is -0.803. The van der Waals surface area contributed by atoms with Crippen molar-refractivity contribution >= 4 is 34.3 Å². The van der Waals surface area contributed by atoms with E-state index in [0.717, 1.165) is 14.7 Å². The van der Waals surface area contributed by atoms with E-state index in [1.54, 1.807) is 0 Å². The average molecular weight is 442 g/mol. The number of fused-ring (bicyclic) bond motifs is 1. The van der Waals surface area contributed by atoms with Crippen molar-refractivity contribution in [2.75, 3.05) is 0 Å². The molecule has 1 aliphatic rings. The Morgan fingerprint density at radius 3 is 2.13 bits per heavy atom. The minimum atomic E-state index is -2.16. The Bertz CT molecular complexity index is 646. The summed E-state index contributed by atoms with van der Waals surface area (Å²) >= 11 is -2.16. The molecule has 126 valence electrons. The molecule has 0 saturated carbocycles. The molecule has 0 spiro atoms. The van der Waals surface area contributed by atoms with E-state index in [-0.39, 0.29) is 5.97 Å². The van der Waals surface area contributed by atoms with Crippen molar-refractivity contribution < 1.29 is 7.86 Å². The van der Waals surface area contributed by atoms with Gasteiger partial charge in [0.05, 0.1) is 0 Å². The van der Waals surface area contributed by atoms with Crippen molar-refractivity contribution in [3.05, 3.63) is 32.9 Å². The topological polar surface area (TPSA) is 26.3 Å². The quantitative estimate of drug-likeness (QED) is 0.329. The molecule has 0 saturated heterocycles. The van der Waals surface area contributed by atoms with Crippen molar-refractivity contribution in [2.45, 2.75) is 65.1 Å². The molecule has 4 heteroatoms. The summed E-state index contributed by atoms with van der Waals surface area (Å²) in [6.07, 6.45) is 0. The first kappa shape index (κ1) is 18.5. The maximum absolute atomic E-state index is 12.1. The minimum absolute atomic E-state index is 0.172. The van der Waals surface area contributed by atoms with Crippen LogP contribution in [0.1, 0.15) is 57.5 Å². The molecule has 1 aliphatic heterocycles. The number of rotatable bonds is 3. The first-order chi connectivity index (χ1) is 10.7. The fourth-order valence-electron chi connectivity index (χ4n) is 3.73. The van der Waals surface area contributed by atoms with Gasteiger partial charge in [-0.3, -0.25) is 0 Å². The molecule has 0 atom stereocenters. The van der Waals surface area contributed by atoms with Crippen LogP contribution in [0.15, 0.2) is 18.2 Å². The molecule has 0 unspecified atom stereocenters. The van der Waals surface area contributed by atoms with Crippen LogP contribution in [0.25, 0.3) is 0 Å². The summed E-state index contributed by atoms with van der Waals surface area (Å²) in [5.41, 5.74) is 7.37. The first-order valence-electron chi connectivity index (χ1n) is 8.26. The van der Waals surface area contributed by atoms with E-state index in [1.807, 2.05) is 13.0 Å². The van der Waals surface area contributed by atoms with Gasteiger partial charge in [-0.25, -0.2) is 0 Å². The zero-order valence-corrected chi connectivity index (χ0v) is 18.3. The maximum atomic E-state index is 12.1. The van der Waals surface area contributed by atoms with Crippen LogP contribution < -0.4 is 0 Å². The molecule has 0 aromatic heterocycles. The number of hydrogen-bond donors (Lipinski definition) is 0. The van der Waals surface area contributed by atoms with Crippen LogP contribution in [-0.4, -0.2) is 14.0 Å². The number of halogens is 1. The summed E-state index contributed by atoms with van der Waals surface area (Å²) in [6.45, 7) is 15.9. The van der Waals surface area contributed by atoms with Crippen molar-refractivity contribution in [1.82, 2.24) is 0 Å². The van der Waals surface area contributed by atoms with E-state index in [4.69, 9.17) is 3.07 Å². The standard InChI is InChI=1S/C19H27IO2Si/c1-13(2)23(14(3)4,15(5)6)11-10-20-18-9-8-16(7)12-17(18)19(21)22-20/h8-9,12-15H,1-7H3. The molecule has 2 nitrogen and oxygen atoms in total. The SMILES string of the molecule is Cc1ccc2c(c1)C(=O)OI2C#C[Si](C(C)C)(C(C)C)C(C)C. The van der Waals surface area contributed by atoms with E-state index < -0.39 is 28.3 Å². The van der Waals surface area contributed by atoms with Crippen LogP contribution >= 0.6 is 20.2 Å². The molecule has 0 aliphatic carbocycles. The third-order valence-corrected chi connectivity index (χ3v) is 15.3. The number of hydrogen-bond acceptors (Lipinski definition) is 2. The van der Waals surface area contributed by atoms with Gasteiger partial charge in [0, 0.05) is 0 Å². The van der Waals surface area contributed by atoms with Gasteiger partial charge in [-0.15, -0.1) is 0 Å². The summed E-state index contributed by atoms with van der Waals surface area (Å²) in [4.78, 5) is 12.1. The molecule has 0 radical (unpaired) electrons. The van der Waals surface area contributed by atoms with E-state index in [1.165, 1.54) is 0 Å². The van der Waals surface area contributed by atoms with Gasteiger partial charge in [-0.2, -0.15) is 0 Å². The van der Waals surface area contributed by atoms with Gasteiger partial charge in [0.25, 0.3) is 0 Å². The molecule has 0 fully saturated rings. The predicted octanol–water partition coefficient (Wildman–Crippen LogP) is 5.94. The Morgan fingerprint density at radius 1 is 1.04 bits per heavy atom. The average Bonchev–Trinajstić information content (AvgIpc) is 2.74. The van der Waals surface area contributed by atoms with Crippen LogP contribution in [0, 0.1) is 20.0 Å². The predicted molar refractivity (Wildman–Crippen MR) is 108 cm³/mol. The molecule has 2 rings (SSSR count). The molecule has 1 aromatic carbocycles. The van der Waals surface area contributed by atoms with Gasteiger partial charge in [-0.1, -0.05) is 0 Å². The van der Waals surface area contributed by atoms with Crippen LogP contribution in [-0.2, 0) is 3.07 Å². The summed E-state index contributed by atoms with van der Waals surface area (Å²) in [5, 5.41) is 0. The van der Waals surface area contributed by atoms with Crippen molar-refractivity contribution in [2.24, 2.45) is 0 Å². The van der Waals surface area contributed by atoms with Gasteiger partial charge >= 0.3 is 150 Å². The van der Waals surface area contributed by atoms with Crippen LogP contribution in [0.4, 0.5) is 0 Å². The Kier molecular flexibility index (Phi) is 5.62. The fraction of sp³-hybridized carbons (Fsp3) is 0.526. The number of benzene rings is 1. The van der Waals surface area contributed by atoms with Gasteiger partial charge in [0.1, 0.15) is 0 Å². The van der Waals surface area contributed by atoms with Gasteiger partial charge in [0.15, 0.2) is 0 Å². The van der Waals surface area contributed by atoms with E-state index in [2.05, 4.69) is 63.1 Å². The molecular formula is C19H27IO2Si. The monoisotopic (exact) mass is 442 g/mol. The second kappa shape index (κ2) is 6.98. The van der Waals surface area contributed by atoms with Crippen molar-refractivity contribution in [1.29, 1.82) is 0 Å². The molecule has 0 amide bonds. The molecule has 1 heterocycles. The molecular weight excluding hydrogens is 415 g/mol. The second-order valence-electron chi connectivity index (χ2n) is 7.21. The third kappa shape index (κ3) is 3.36. The Balaban J connectivity index is 2.44. The molecule has 0 N–H and O–H groups in total. The summed E-state index contributed by atoms with van der Waals surface area (Å²) < 4.78 is 10.3. The molecule has 23 heavy (non-hydrogen) atoms. The van der Waals surface area contributed by atoms with E-state index in [9.17, 15) is 4.79 Å². The van der Waals surface area contributed by atoms with Crippen LogP contribution in [0.3, 0.4) is 0 Å². The summed E-state index contributed by atoms with van der Waals surface area (Å²) in [7, 11) is -1.76. The third-order valence-electron chi connectivity index (χ3n) is 4.89. The fourth-order valence-corrected chi connectivity index (χ4v) is 13.7. The van der Waals surface area contributed by atoms with Gasteiger partial charge in [-0.05, 0) is 0 Å². The summed E-state index contributed by atoms with van der Waals surface area (Å²) in [5.74, 6) is -0.172. The molecule has 1 aromatic rings. The number of carbonyl (C=O) groups is 1.